The first-order chi connectivity index (χ1) is 15.4. The molecule has 2 aliphatic rings. The van der Waals surface area contributed by atoms with Gasteiger partial charge >= 0.3 is 0 Å². The van der Waals surface area contributed by atoms with Crippen LogP contribution in [0, 0.1) is 6.92 Å². The summed E-state index contributed by atoms with van der Waals surface area (Å²) in [4.78, 5) is 16.6. The fourth-order valence-electron chi connectivity index (χ4n) is 4.41. The van der Waals surface area contributed by atoms with Crippen molar-refractivity contribution in [1.29, 1.82) is 0 Å². The Morgan fingerprint density at radius 1 is 1.06 bits per heavy atom. The molecule has 0 radical (unpaired) electrons. The first-order valence-corrected chi connectivity index (χ1v) is 13.0. The van der Waals surface area contributed by atoms with Crippen molar-refractivity contribution in [3.8, 4) is 0 Å². The van der Waals surface area contributed by atoms with Gasteiger partial charge in [-0.2, -0.15) is 10.6 Å². The number of para-hydroxylation sites is 1. The quantitative estimate of drug-likeness (QED) is 0.500. The number of fused-ring (bicyclic) bond motifs is 1. The fraction of sp³-hybridized carbons (Fsp3) is 0.375. The van der Waals surface area contributed by atoms with Crippen LogP contribution in [0.2, 0.25) is 0 Å². The highest BCUT2D eigenvalue weighted by Gasteiger charge is 2.28. The van der Waals surface area contributed by atoms with E-state index in [0.717, 1.165) is 53.3 Å². The van der Waals surface area contributed by atoms with Crippen molar-refractivity contribution in [2.45, 2.75) is 32.2 Å². The standard InChI is InChI=1S/C24H29N5O2S/c1-17-14-18-6-2-3-7-21(18)26-20(17)8-9-22-27-23(25-19-10-13-32(30,31)16-19)15-24(28-22)29-11-4-5-12-29/h2-3,6-9,14-15,19,30-31H,4-5,10-13,16H2,1H3,(H,25,27,28)/t19-/m1/s1. The van der Waals surface area contributed by atoms with Crippen molar-refractivity contribution in [2.24, 2.45) is 0 Å². The predicted molar refractivity (Wildman–Crippen MR) is 133 cm³/mol. The van der Waals surface area contributed by atoms with Gasteiger partial charge in [-0.1, -0.05) is 18.2 Å². The van der Waals surface area contributed by atoms with Crippen molar-refractivity contribution in [2.75, 3.05) is 34.8 Å². The van der Waals surface area contributed by atoms with E-state index in [1.165, 1.54) is 12.8 Å². The van der Waals surface area contributed by atoms with E-state index in [4.69, 9.17) is 15.0 Å². The largest absolute Gasteiger partial charge is 0.366 e. The Bertz CT molecular complexity index is 1160. The molecule has 2 aromatic heterocycles. The third kappa shape index (κ3) is 4.72. The molecule has 7 nitrogen and oxygen atoms in total. The number of aryl methyl sites for hydroxylation is 1. The molecule has 0 aliphatic carbocycles. The molecule has 32 heavy (non-hydrogen) atoms. The second kappa shape index (κ2) is 8.69. The Kier molecular flexibility index (Phi) is 5.75. The molecule has 3 aromatic rings. The highest BCUT2D eigenvalue weighted by molar-refractivity contribution is 8.24. The molecular weight excluding hydrogens is 422 g/mol. The summed E-state index contributed by atoms with van der Waals surface area (Å²) in [6.07, 6.45) is 6.96. The zero-order chi connectivity index (χ0) is 22.1. The topological polar surface area (TPSA) is 94.4 Å². The average molecular weight is 452 g/mol. The Morgan fingerprint density at radius 3 is 2.66 bits per heavy atom. The van der Waals surface area contributed by atoms with Gasteiger partial charge in [0.1, 0.15) is 11.6 Å². The summed E-state index contributed by atoms with van der Waals surface area (Å²) in [5.74, 6) is 3.09. The lowest BCUT2D eigenvalue weighted by molar-refractivity contribution is 0.495. The van der Waals surface area contributed by atoms with Crippen molar-refractivity contribution < 1.29 is 9.11 Å². The number of benzene rings is 1. The lowest BCUT2D eigenvalue weighted by Gasteiger charge is -2.26. The van der Waals surface area contributed by atoms with Gasteiger partial charge in [-0.15, -0.1) is 0 Å². The second-order valence-corrected chi connectivity index (χ2v) is 11.0. The van der Waals surface area contributed by atoms with Crippen LogP contribution in [0.25, 0.3) is 23.1 Å². The van der Waals surface area contributed by atoms with E-state index < -0.39 is 10.6 Å². The molecule has 0 unspecified atom stereocenters. The first-order valence-electron chi connectivity index (χ1n) is 11.1. The minimum absolute atomic E-state index is 0.0163. The average Bonchev–Trinajstić information content (AvgIpc) is 3.42. The molecule has 1 aromatic carbocycles. The third-order valence-corrected chi connectivity index (χ3v) is 7.94. The Labute approximate surface area is 190 Å². The molecule has 0 bridgehead atoms. The SMILES string of the molecule is Cc1cc2ccccc2nc1C=Cc1nc(N[C@@H]2CCS(O)(O)C2)cc(N2CCCC2)n1. The first kappa shape index (κ1) is 21.2. The van der Waals surface area contributed by atoms with Crippen LogP contribution in [0.4, 0.5) is 11.6 Å². The van der Waals surface area contributed by atoms with Gasteiger partial charge < -0.3 is 10.2 Å². The lowest BCUT2D eigenvalue weighted by atomic mass is 10.1. The molecule has 1 atom stereocenters. The van der Waals surface area contributed by atoms with Crippen LogP contribution in [0.5, 0.6) is 0 Å². The second-order valence-electron chi connectivity index (χ2n) is 8.68. The van der Waals surface area contributed by atoms with E-state index in [1.807, 2.05) is 36.4 Å². The number of hydrogen-bond acceptors (Lipinski definition) is 7. The Morgan fingerprint density at radius 2 is 1.88 bits per heavy atom. The Balaban J connectivity index is 1.44. The van der Waals surface area contributed by atoms with Crippen molar-refractivity contribution >= 4 is 45.3 Å². The van der Waals surface area contributed by atoms with Crippen LogP contribution in [0.3, 0.4) is 0 Å². The molecule has 5 rings (SSSR count). The Hall–Kier alpha value is -2.68. The van der Waals surface area contributed by atoms with Gasteiger partial charge in [-0.05, 0) is 56.0 Å². The normalized spacial score (nSPS) is 21.5. The van der Waals surface area contributed by atoms with E-state index in [0.29, 0.717) is 17.3 Å². The van der Waals surface area contributed by atoms with Gasteiger partial charge in [0, 0.05) is 36.3 Å². The summed E-state index contributed by atoms with van der Waals surface area (Å²) in [5, 5.41) is 4.54. The maximum absolute atomic E-state index is 9.98. The van der Waals surface area contributed by atoms with Crippen LogP contribution in [0.1, 0.15) is 36.3 Å². The van der Waals surface area contributed by atoms with Crippen LogP contribution >= 0.6 is 10.6 Å². The molecule has 0 amide bonds. The summed E-state index contributed by atoms with van der Waals surface area (Å²) in [6.45, 7) is 4.05. The molecule has 2 aliphatic heterocycles. The smallest absolute Gasteiger partial charge is 0.156 e. The van der Waals surface area contributed by atoms with E-state index >= 15 is 0 Å². The molecule has 3 N–H and O–H groups in total. The number of nitrogens with one attached hydrogen (secondary N) is 1. The van der Waals surface area contributed by atoms with Gasteiger partial charge in [-0.3, -0.25) is 9.11 Å². The number of pyridine rings is 1. The van der Waals surface area contributed by atoms with Crippen LogP contribution in [0.15, 0.2) is 36.4 Å². The number of aromatic nitrogens is 3. The van der Waals surface area contributed by atoms with Gasteiger partial charge in [0.2, 0.25) is 0 Å². The van der Waals surface area contributed by atoms with E-state index in [2.05, 4.69) is 29.3 Å². The van der Waals surface area contributed by atoms with Gasteiger partial charge in [0.05, 0.1) is 17.0 Å². The minimum atomic E-state index is -2.46. The summed E-state index contributed by atoms with van der Waals surface area (Å²) < 4.78 is 20.0. The minimum Gasteiger partial charge on any atom is -0.366 e. The maximum Gasteiger partial charge on any atom is 0.156 e. The maximum atomic E-state index is 9.98. The van der Waals surface area contributed by atoms with E-state index in [9.17, 15) is 9.11 Å². The number of nitrogens with zero attached hydrogens (tertiary/aromatic N) is 4. The highest BCUT2D eigenvalue weighted by Crippen LogP contribution is 2.46. The summed E-state index contributed by atoms with van der Waals surface area (Å²) in [7, 11) is -2.46. The van der Waals surface area contributed by atoms with Crippen LogP contribution < -0.4 is 10.2 Å². The summed E-state index contributed by atoms with van der Waals surface area (Å²) in [5.41, 5.74) is 2.97. The van der Waals surface area contributed by atoms with Crippen LogP contribution in [-0.2, 0) is 0 Å². The molecule has 168 valence electrons. The van der Waals surface area contributed by atoms with Gasteiger partial charge in [0.15, 0.2) is 5.82 Å². The number of hydrogen-bond donors (Lipinski definition) is 3. The molecular formula is C24H29N5O2S. The zero-order valence-corrected chi connectivity index (χ0v) is 19.1. The number of anilines is 2. The van der Waals surface area contributed by atoms with Crippen molar-refractivity contribution in [3.63, 3.8) is 0 Å². The molecule has 2 fully saturated rings. The molecule has 0 saturated carbocycles. The molecule has 4 heterocycles. The predicted octanol–water partition coefficient (Wildman–Crippen LogP) is 5.04. The van der Waals surface area contributed by atoms with Crippen molar-refractivity contribution in [1.82, 2.24) is 15.0 Å². The van der Waals surface area contributed by atoms with E-state index in [-0.39, 0.29) is 6.04 Å². The molecule has 8 heteroatoms. The van der Waals surface area contributed by atoms with E-state index in [1.54, 1.807) is 0 Å². The molecule has 0 spiro atoms. The third-order valence-electron chi connectivity index (χ3n) is 6.12. The summed E-state index contributed by atoms with van der Waals surface area (Å²) in [6, 6.07) is 12.3. The van der Waals surface area contributed by atoms with Gasteiger partial charge in [0.25, 0.3) is 0 Å². The fourth-order valence-corrected chi connectivity index (χ4v) is 6.13. The summed E-state index contributed by atoms with van der Waals surface area (Å²) >= 11 is 0. The molecule has 2 saturated heterocycles. The van der Waals surface area contributed by atoms with Crippen molar-refractivity contribution in [3.05, 3.63) is 53.5 Å². The zero-order valence-electron chi connectivity index (χ0n) is 18.2. The highest BCUT2D eigenvalue weighted by atomic mass is 32.3. The van der Waals surface area contributed by atoms with Crippen LogP contribution in [-0.4, -0.2) is 54.7 Å². The monoisotopic (exact) mass is 451 g/mol. The lowest BCUT2D eigenvalue weighted by Crippen LogP contribution is -2.23. The number of rotatable bonds is 5. The van der Waals surface area contributed by atoms with Gasteiger partial charge in [-0.25, -0.2) is 15.0 Å².